The molecule has 0 saturated carbocycles. The molecule has 0 aromatic heterocycles. The van der Waals surface area contributed by atoms with Gasteiger partial charge in [-0.3, -0.25) is 4.79 Å². The zero-order valence-corrected chi connectivity index (χ0v) is 10.1. The summed E-state index contributed by atoms with van der Waals surface area (Å²) in [5.74, 6) is 0.727. The van der Waals surface area contributed by atoms with Crippen LogP contribution < -0.4 is 10.1 Å². The van der Waals surface area contributed by atoms with Crippen LogP contribution in [-0.2, 0) is 9.53 Å². The van der Waals surface area contributed by atoms with Crippen molar-refractivity contribution in [2.45, 2.75) is 5.92 Å². The predicted octanol–water partition coefficient (Wildman–Crippen LogP) is 1.17. The zero-order chi connectivity index (χ0) is 12.3. The Kier molecular flexibility index (Phi) is 3.64. The molecular formula is C13H17NO3. The van der Waals surface area contributed by atoms with E-state index < -0.39 is 0 Å². The molecule has 4 heteroatoms. The molecular weight excluding hydrogens is 218 g/mol. The van der Waals surface area contributed by atoms with Gasteiger partial charge in [-0.15, -0.1) is 0 Å². The first kappa shape index (κ1) is 11.9. The topological polar surface area (TPSA) is 47.6 Å². The third-order valence-electron chi connectivity index (χ3n) is 3.24. The monoisotopic (exact) mass is 235 g/mol. The fourth-order valence-corrected chi connectivity index (χ4v) is 2.30. The van der Waals surface area contributed by atoms with Gasteiger partial charge >= 0.3 is 5.97 Å². The molecule has 4 nitrogen and oxygen atoms in total. The Labute approximate surface area is 101 Å². The molecule has 1 heterocycles. The maximum absolute atomic E-state index is 11.7. The molecule has 1 aliphatic rings. The van der Waals surface area contributed by atoms with Gasteiger partial charge in [-0.1, -0.05) is 12.1 Å². The van der Waals surface area contributed by atoms with Crippen LogP contribution in [0.3, 0.4) is 0 Å². The number of carbonyl (C=O) groups is 1. The van der Waals surface area contributed by atoms with E-state index in [1.165, 1.54) is 7.11 Å². The lowest BCUT2D eigenvalue weighted by Crippen LogP contribution is -2.22. The molecule has 1 saturated heterocycles. The van der Waals surface area contributed by atoms with Crippen molar-refractivity contribution in [1.29, 1.82) is 0 Å². The van der Waals surface area contributed by atoms with Crippen molar-refractivity contribution in [3.63, 3.8) is 0 Å². The summed E-state index contributed by atoms with van der Waals surface area (Å²) in [4.78, 5) is 11.7. The van der Waals surface area contributed by atoms with Crippen molar-refractivity contribution in [3.8, 4) is 5.75 Å². The summed E-state index contributed by atoms with van der Waals surface area (Å²) >= 11 is 0. The number of carbonyl (C=O) groups excluding carboxylic acids is 1. The molecule has 92 valence electrons. The highest BCUT2D eigenvalue weighted by Gasteiger charge is 2.34. The molecule has 1 aromatic rings. The second-order valence-corrected chi connectivity index (χ2v) is 4.17. The van der Waals surface area contributed by atoms with Gasteiger partial charge in [-0.2, -0.15) is 0 Å². The van der Waals surface area contributed by atoms with E-state index in [0.29, 0.717) is 6.54 Å². The van der Waals surface area contributed by atoms with Crippen LogP contribution in [0, 0.1) is 5.92 Å². The summed E-state index contributed by atoms with van der Waals surface area (Å²) in [7, 11) is 3.08. The van der Waals surface area contributed by atoms with Crippen molar-refractivity contribution >= 4 is 5.97 Å². The summed E-state index contributed by atoms with van der Waals surface area (Å²) in [5.41, 5.74) is 1.12. The van der Waals surface area contributed by atoms with Gasteiger partial charge in [0.25, 0.3) is 0 Å². The van der Waals surface area contributed by atoms with Gasteiger partial charge in [0.2, 0.25) is 0 Å². The smallest absolute Gasteiger partial charge is 0.310 e. The molecule has 0 aliphatic carbocycles. The summed E-state index contributed by atoms with van der Waals surface area (Å²) in [6.45, 7) is 1.47. The highest BCUT2D eigenvalue weighted by atomic mass is 16.5. The number of nitrogens with one attached hydrogen (secondary N) is 1. The molecule has 1 aromatic carbocycles. The van der Waals surface area contributed by atoms with E-state index in [1.807, 2.05) is 24.3 Å². The number of rotatable bonds is 3. The molecule has 0 radical (unpaired) electrons. The van der Waals surface area contributed by atoms with Gasteiger partial charge in [0, 0.05) is 19.0 Å². The van der Waals surface area contributed by atoms with Gasteiger partial charge in [0.1, 0.15) is 5.75 Å². The molecule has 0 unspecified atom stereocenters. The van der Waals surface area contributed by atoms with Crippen molar-refractivity contribution in [2.24, 2.45) is 5.92 Å². The Hall–Kier alpha value is -1.55. The number of hydrogen-bond acceptors (Lipinski definition) is 4. The van der Waals surface area contributed by atoms with Crippen molar-refractivity contribution < 1.29 is 14.3 Å². The van der Waals surface area contributed by atoms with E-state index in [4.69, 9.17) is 9.47 Å². The quantitative estimate of drug-likeness (QED) is 0.799. The minimum absolute atomic E-state index is 0.105. The molecule has 0 spiro atoms. The van der Waals surface area contributed by atoms with Crippen LogP contribution in [0.1, 0.15) is 11.5 Å². The second-order valence-electron chi connectivity index (χ2n) is 4.17. The lowest BCUT2D eigenvalue weighted by molar-refractivity contribution is -0.145. The van der Waals surface area contributed by atoms with Crippen molar-refractivity contribution in [3.05, 3.63) is 29.8 Å². The Balaban J connectivity index is 2.22. The van der Waals surface area contributed by atoms with Crippen molar-refractivity contribution in [2.75, 3.05) is 27.3 Å². The first-order valence-corrected chi connectivity index (χ1v) is 5.68. The lowest BCUT2D eigenvalue weighted by Gasteiger charge is -2.17. The molecule has 1 fully saturated rings. The SMILES string of the molecule is COC(=O)[C@H]1CNC[C@@H]1c1cccc(OC)c1. The Morgan fingerprint density at radius 2 is 2.18 bits per heavy atom. The van der Waals surface area contributed by atoms with Crippen LogP contribution in [0.5, 0.6) is 5.75 Å². The minimum Gasteiger partial charge on any atom is -0.497 e. The Bertz CT molecular complexity index is 405. The maximum atomic E-state index is 11.7. The molecule has 2 rings (SSSR count). The Morgan fingerprint density at radius 3 is 2.88 bits per heavy atom. The highest BCUT2D eigenvalue weighted by Crippen LogP contribution is 2.30. The van der Waals surface area contributed by atoms with E-state index in [9.17, 15) is 4.79 Å². The molecule has 1 aliphatic heterocycles. The van der Waals surface area contributed by atoms with Crippen LogP contribution in [-0.4, -0.2) is 33.3 Å². The zero-order valence-electron chi connectivity index (χ0n) is 10.1. The Morgan fingerprint density at radius 1 is 1.35 bits per heavy atom. The van der Waals surface area contributed by atoms with Crippen LogP contribution in [0.25, 0.3) is 0 Å². The van der Waals surface area contributed by atoms with Crippen LogP contribution in [0.15, 0.2) is 24.3 Å². The molecule has 0 bridgehead atoms. The first-order chi connectivity index (χ1) is 8.26. The van der Waals surface area contributed by atoms with E-state index in [2.05, 4.69) is 5.32 Å². The number of methoxy groups -OCH3 is 2. The average molecular weight is 235 g/mol. The lowest BCUT2D eigenvalue weighted by atomic mass is 9.89. The fraction of sp³-hybridized carbons (Fsp3) is 0.462. The summed E-state index contributed by atoms with van der Waals surface area (Å²) < 4.78 is 10.0. The largest absolute Gasteiger partial charge is 0.497 e. The van der Waals surface area contributed by atoms with Crippen LogP contribution in [0.4, 0.5) is 0 Å². The normalized spacial score (nSPS) is 23.4. The summed E-state index contributed by atoms with van der Waals surface area (Å²) in [6.07, 6.45) is 0. The summed E-state index contributed by atoms with van der Waals surface area (Å²) in [5, 5.41) is 3.23. The van der Waals surface area contributed by atoms with Crippen molar-refractivity contribution in [1.82, 2.24) is 5.32 Å². The van der Waals surface area contributed by atoms with E-state index in [-0.39, 0.29) is 17.8 Å². The molecule has 0 amide bonds. The fourth-order valence-electron chi connectivity index (χ4n) is 2.30. The first-order valence-electron chi connectivity index (χ1n) is 5.68. The van der Waals surface area contributed by atoms with E-state index in [1.54, 1.807) is 7.11 Å². The van der Waals surface area contributed by atoms with Gasteiger partial charge in [-0.05, 0) is 17.7 Å². The second kappa shape index (κ2) is 5.19. The van der Waals surface area contributed by atoms with Gasteiger partial charge in [0.05, 0.1) is 20.1 Å². The predicted molar refractivity (Wildman–Crippen MR) is 64.1 cm³/mol. The van der Waals surface area contributed by atoms with E-state index >= 15 is 0 Å². The highest BCUT2D eigenvalue weighted by molar-refractivity contribution is 5.74. The summed E-state index contributed by atoms with van der Waals surface area (Å²) in [6, 6.07) is 7.85. The van der Waals surface area contributed by atoms with Gasteiger partial charge in [0.15, 0.2) is 0 Å². The third-order valence-corrected chi connectivity index (χ3v) is 3.24. The standard InChI is InChI=1S/C13H17NO3/c1-16-10-5-3-4-9(6-10)11-7-14-8-12(11)13(15)17-2/h3-6,11-12,14H,7-8H2,1-2H3/t11-,12+/m1/s1. The number of hydrogen-bond donors (Lipinski definition) is 1. The van der Waals surface area contributed by atoms with Crippen LogP contribution >= 0.6 is 0 Å². The van der Waals surface area contributed by atoms with Crippen LogP contribution in [0.2, 0.25) is 0 Å². The average Bonchev–Trinajstić information content (AvgIpc) is 2.87. The molecule has 17 heavy (non-hydrogen) atoms. The van der Waals surface area contributed by atoms with Gasteiger partial charge < -0.3 is 14.8 Å². The maximum Gasteiger partial charge on any atom is 0.310 e. The van der Waals surface area contributed by atoms with Gasteiger partial charge in [-0.25, -0.2) is 0 Å². The number of esters is 1. The number of benzene rings is 1. The number of ether oxygens (including phenoxy) is 2. The molecule has 1 N–H and O–H groups in total. The van der Waals surface area contributed by atoms with E-state index in [0.717, 1.165) is 17.9 Å². The molecule has 2 atom stereocenters. The third kappa shape index (κ3) is 2.42. The minimum atomic E-state index is -0.150.